The molecule has 1 aromatic heterocycles. The van der Waals surface area contributed by atoms with Gasteiger partial charge < -0.3 is 14.7 Å². The average molecular weight is 422 g/mol. The summed E-state index contributed by atoms with van der Waals surface area (Å²) in [5.74, 6) is -1.66. The lowest BCUT2D eigenvalue weighted by atomic mass is 9.88. The van der Waals surface area contributed by atoms with Crippen LogP contribution in [0.4, 0.5) is 13.2 Å². The number of likely N-dealkylation sites (tertiary alicyclic amines) is 2. The lowest BCUT2D eigenvalue weighted by molar-refractivity contribution is -0.192. The van der Waals surface area contributed by atoms with Gasteiger partial charge in [-0.05, 0) is 31.4 Å². The van der Waals surface area contributed by atoms with E-state index in [1.165, 1.54) is 9.75 Å². The number of hydrogen-bond acceptors (Lipinski definition) is 5. The van der Waals surface area contributed by atoms with Crippen LogP contribution in [0.1, 0.15) is 16.2 Å². The molecule has 2 fully saturated rings. The van der Waals surface area contributed by atoms with Gasteiger partial charge in [-0.25, -0.2) is 4.79 Å². The van der Waals surface area contributed by atoms with Gasteiger partial charge in [0.2, 0.25) is 5.91 Å². The molecule has 1 amide bonds. The van der Waals surface area contributed by atoms with Crippen LogP contribution in [0.2, 0.25) is 0 Å². The molecule has 6 nitrogen and oxygen atoms in total. The third kappa shape index (κ3) is 6.18. The minimum absolute atomic E-state index is 0.205. The third-order valence-corrected chi connectivity index (χ3v) is 5.88. The Hall–Kier alpha value is -1.65. The Morgan fingerprint density at radius 3 is 2.57 bits per heavy atom. The fourth-order valence-electron chi connectivity index (χ4n) is 3.54. The quantitative estimate of drug-likeness (QED) is 0.790. The van der Waals surface area contributed by atoms with Crippen molar-refractivity contribution in [3.05, 3.63) is 21.9 Å². The minimum atomic E-state index is -5.08. The van der Waals surface area contributed by atoms with Gasteiger partial charge in [-0.1, -0.05) is 0 Å². The summed E-state index contributed by atoms with van der Waals surface area (Å²) in [6, 6.07) is 4.40. The molecule has 2 saturated heterocycles. The highest BCUT2D eigenvalue weighted by molar-refractivity contribution is 7.11. The van der Waals surface area contributed by atoms with Gasteiger partial charge in [0.15, 0.2) is 0 Å². The van der Waals surface area contributed by atoms with Crippen LogP contribution in [0.3, 0.4) is 0 Å². The van der Waals surface area contributed by atoms with Gasteiger partial charge >= 0.3 is 12.1 Å². The number of methoxy groups -OCH3 is 1. The number of aliphatic carboxylic acids is 1. The first-order valence-electron chi connectivity index (χ1n) is 8.97. The zero-order valence-electron chi connectivity index (χ0n) is 15.9. The molecule has 0 aromatic carbocycles. The number of piperidine rings is 1. The first kappa shape index (κ1) is 22.6. The summed E-state index contributed by atoms with van der Waals surface area (Å²) >= 11 is 1.87. The van der Waals surface area contributed by atoms with Gasteiger partial charge in [-0.15, -0.1) is 11.3 Å². The number of thiophene rings is 1. The number of carboxylic acid groups (broad SMARTS) is 1. The Morgan fingerprint density at radius 1 is 1.36 bits per heavy atom. The van der Waals surface area contributed by atoms with Crippen molar-refractivity contribution in [1.29, 1.82) is 0 Å². The van der Waals surface area contributed by atoms with Gasteiger partial charge in [-0.2, -0.15) is 13.2 Å². The molecule has 158 valence electrons. The molecule has 0 saturated carbocycles. The maximum Gasteiger partial charge on any atom is 0.490 e. The molecule has 0 aliphatic carbocycles. The van der Waals surface area contributed by atoms with Crippen LogP contribution in [0, 0.1) is 18.8 Å². The molecule has 2 aliphatic rings. The first-order chi connectivity index (χ1) is 13.1. The Bertz CT molecular complexity index is 680. The van der Waals surface area contributed by atoms with E-state index in [4.69, 9.17) is 14.6 Å². The van der Waals surface area contributed by atoms with Crippen LogP contribution in [-0.2, 0) is 20.9 Å². The van der Waals surface area contributed by atoms with E-state index < -0.39 is 12.1 Å². The molecular weight excluding hydrogens is 397 g/mol. The van der Waals surface area contributed by atoms with Crippen molar-refractivity contribution in [1.82, 2.24) is 9.80 Å². The van der Waals surface area contributed by atoms with E-state index in [0.717, 1.165) is 39.1 Å². The standard InChI is InChI=1S/C16H24N2O2S.C2HF3O2/c1-12-3-4-14(21-12)10-17-9-13-5-6-18(7-8-20-2)16(19)15(13)11-17;3-2(4,5)1(6)7/h3-4,13,15H,5-11H2,1-2H3;(H,6,7)/t13-,15-;/m0./s1. The van der Waals surface area contributed by atoms with Crippen LogP contribution >= 0.6 is 11.3 Å². The predicted molar refractivity (Wildman–Crippen MR) is 98.1 cm³/mol. The number of aryl methyl sites for hydroxylation is 1. The number of nitrogens with zero attached hydrogens (tertiary/aromatic N) is 2. The van der Waals surface area contributed by atoms with E-state index >= 15 is 0 Å². The number of carbonyl (C=O) groups excluding carboxylic acids is 1. The van der Waals surface area contributed by atoms with E-state index in [1.807, 2.05) is 16.2 Å². The Labute approximate surface area is 165 Å². The van der Waals surface area contributed by atoms with Crippen LogP contribution < -0.4 is 0 Å². The molecule has 0 radical (unpaired) electrons. The number of carbonyl (C=O) groups is 2. The number of ether oxygens (including phenoxy) is 1. The summed E-state index contributed by atoms with van der Waals surface area (Å²) < 4.78 is 36.8. The summed E-state index contributed by atoms with van der Waals surface area (Å²) in [6.45, 7) is 7.42. The van der Waals surface area contributed by atoms with Crippen molar-refractivity contribution in [2.75, 3.05) is 39.9 Å². The second-order valence-electron chi connectivity index (χ2n) is 6.98. The van der Waals surface area contributed by atoms with E-state index in [1.54, 1.807) is 7.11 Å². The Balaban J connectivity index is 0.000000345. The zero-order valence-corrected chi connectivity index (χ0v) is 16.7. The second kappa shape index (κ2) is 9.71. The van der Waals surface area contributed by atoms with E-state index in [0.29, 0.717) is 18.4 Å². The number of hydrogen-bond donors (Lipinski definition) is 1. The molecule has 28 heavy (non-hydrogen) atoms. The highest BCUT2D eigenvalue weighted by Gasteiger charge is 2.42. The fourth-order valence-corrected chi connectivity index (χ4v) is 4.48. The molecule has 1 aromatic rings. The average Bonchev–Trinajstić information content (AvgIpc) is 3.20. The summed E-state index contributed by atoms with van der Waals surface area (Å²) in [4.78, 5) is 28.7. The van der Waals surface area contributed by atoms with Crippen molar-refractivity contribution >= 4 is 23.2 Å². The van der Waals surface area contributed by atoms with Gasteiger partial charge in [0, 0.05) is 49.6 Å². The number of amides is 1. The maximum atomic E-state index is 12.6. The lowest BCUT2D eigenvalue weighted by Crippen LogP contribution is -2.46. The largest absolute Gasteiger partial charge is 0.490 e. The van der Waals surface area contributed by atoms with Gasteiger partial charge in [0.25, 0.3) is 0 Å². The summed E-state index contributed by atoms with van der Waals surface area (Å²) in [5.41, 5.74) is 0. The van der Waals surface area contributed by atoms with Crippen molar-refractivity contribution in [2.45, 2.75) is 26.1 Å². The number of halogens is 3. The first-order valence-corrected chi connectivity index (χ1v) is 9.79. The summed E-state index contributed by atoms with van der Waals surface area (Å²) in [5, 5.41) is 7.12. The van der Waals surface area contributed by atoms with Crippen LogP contribution in [-0.4, -0.2) is 72.9 Å². The SMILES string of the molecule is COCCN1CC[C@H]2CN(Cc3ccc(C)s3)C[C@@H]2C1=O.O=C(O)C(F)(F)F. The van der Waals surface area contributed by atoms with Gasteiger partial charge in [-0.3, -0.25) is 9.69 Å². The van der Waals surface area contributed by atoms with Gasteiger partial charge in [0.05, 0.1) is 12.5 Å². The van der Waals surface area contributed by atoms with E-state index in [-0.39, 0.29) is 5.92 Å². The summed E-state index contributed by atoms with van der Waals surface area (Å²) in [6.07, 6.45) is -3.94. The molecule has 3 rings (SSSR count). The molecule has 0 bridgehead atoms. The highest BCUT2D eigenvalue weighted by atomic mass is 32.1. The number of alkyl halides is 3. The maximum absolute atomic E-state index is 12.6. The van der Waals surface area contributed by atoms with Crippen molar-refractivity contribution in [2.24, 2.45) is 11.8 Å². The van der Waals surface area contributed by atoms with E-state index in [9.17, 15) is 18.0 Å². The van der Waals surface area contributed by atoms with Crippen LogP contribution in [0.25, 0.3) is 0 Å². The lowest BCUT2D eigenvalue weighted by Gasteiger charge is -2.33. The molecule has 1 N–H and O–H groups in total. The van der Waals surface area contributed by atoms with Crippen LogP contribution in [0.15, 0.2) is 12.1 Å². The van der Waals surface area contributed by atoms with Crippen LogP contribution in [0.5, 0.6) is 0 Å². The molecule has 10 heteroatoms. The number of fused-ring (bicyclic) bond motifs is 1. The van der Waals surface area contributed by atoms with Gasteiger partial charge in [0.1, 0.15) is 0 Å². The summed E-state index contributed by atoms with van der Waals surface area (Å²) in [7, 11) is 1.69. The third-order valence-electron chi connectivity index (χ3n) is 4.90. The second-order valence-corrected chi connectivity index (χ2v) is 8.36. The highest BCUT2D eigenvalue weighted by Crippen LogP contribution is 2.33. The molecule has 0 spiro atoms. The predicted octanol–water partition coefficient (Wildman–Crippen LogP) is 2.62. The molecule has 3 heterocycles. The van der Waals surface area contributed by atoms with E-state index in [2.05, 4.69) is 24.0 Å². The molecular formula is C18H25F3N2O4S. The fraction of sp³-hybridized carbons (Fsp3) is 0.667. The molecule has 2 aliphatic heterocycles. The van der Waals surface area contributed by atoms with Crippen molar-refractivity contribution < 1.29 is 32.6 Å². The zero-order chi connectivity index (χ0) is 20.9. The van der Waals surface area contributed by atoms with Crippen molar-refractivity contribution in [3.8, 4) is 0 Å². The smallest absolute Gasteiger partial charge is 0.475 e. The number of carboxylic acids is 1. The minimum Gasteiger partial charge on any atom is -0.475 e. The monoisotopic (exact) mass is 422 g/mol. The normalized spacial score (nSPS) is 22.6. The Morgan fingerprint density at radius 2 is 2.04 bits per heavy atom. The topological polar surface area (TPSA) is 70.1 Å². The number of rotatable bonds is 5. The Kier molecular flexibility index (Phi) is 7.85. The molecule has 2 atom stereocenters. The van der Waals surface area contributed by atoms with Crippen molar-refractivity contribution in [3.63, 3.8) is 0 Å². The molecule has 0 unspecified atom stereocenters.